The van der Waals surface area contributed by atoms with Crippen molar-refractivity contribution < 1.29 is 19.4 Å². The lowest BCUT2D eigenvalue weighted by molar-refractivity contribution is 0.0696. The highest BCUT2D eigenvalue weighted by Crippen LogP contribution is 2.11. The first kappa shape index (κ1) is 11.4. The summed E-state index contributed by atoms with van der Waals surface area (Å²) in [5.74, 6) is -1.25. The number of carbonyl (C=O) groups is 2. The van der Waals surface area contributed by atoms with Gasteiger partial charge in [-0.3, -0.25) is 4.79 Å². The van der Waals surface area contributed by atoms with Gasteiger partial charge in [0.05, 0.1) is 5.56 Å². The van der Waals surface area contributed by atoms with Crippen molar-refractivity contribution in [3.8, 4) is 0 Å². The fraction of sp³-hybridized carbons (Fsp3) is 0.273. The lowest BCUT2D eigenvalue weighted by Crippen LogP contribution is -2.09. The summed E-state index contributed by atoms with van der Waals surface area (Å²) in [5.41, 5.74) is 1.15. The maximum Gasteiger partial charge on any atom is 0.335 e. The third kappa shape index (κ3) is 2.63. The summed E-state index contributed by atoms with van der Waals surface area (Å²) in [6.45, 7) is 1.65. The normalized spacial score (nSPS) is 10.0. The largest absolute Gasteiger partial charge is 0.478 e. The van der Waals surface area contributed by atoms with E-state index < -0.39 is 5.97 Å². The van der Waals surface area contributed by atoms with Crippen LogP contribution >= 0.6 is 0 Å². The minimum atomic E-state index is -1.03. The van der Waals surface area contributed by atoms with Crippen LogP contribution in [0.15, 0.2) is 18.2 Å². The summed E-state index contributed by atoms with van der Waals surface area (Å²) in [7, 11) is 1.42. The van der Waals surface area contributed by atoms with Gasteiger partial charge in [0.25, 0.3) is 0 Å². The van der Waals surface area contributed by atoms with E-state index >= 15 is 0 Å². The van der Waals surface area contributed by atoms with Crippen LogP contribution in [0.25, 0.3) is 0 Å². The second-order valence-electron chi connectivity index (χ2n) is 3.19. The Kier molecular flexibility index (Phi) is 3.57. The molecule has 4 heteroatoms. The first-order chi connectivity index (χ1) is 7.06. The van der Waals surface area contributed by atoms with E-state index in [4.69, 9.17) is 9.84 Å². The van der Waals surface area contributed by atoms with Gasteiger partial charge >= 0.3 is 5.97 Å². The number of methoxy groups -OCH3 is 1. The summed E-state index contributed by atoms with van der Waals surface area (Å²) in [4.78, 5) is 22.2. The number of carboxylic acid groups (broad SMARTS) is 1. The molecule has 0 aliphatic carbocycles. The number of aryl methyl sites for hydroxylation is 1. The molecule has 0 radical (unpaired) electrons. The Balaban J connectivity index is 3.07. The number of carboxylic acids is 1. The van der Waals surface area contributed by atoms with Gasteiger partial charge in [0.2, 0.25) is 0 Å². The van der Waals surface area contributed by atoms with Crippen LogP contribution in [0, 0.1) is 6.92 Å². The predicted molar refractivity (Wildman–Crippen MR) is 54.3 cm³/mol. The second kappa shape index (κ2) is 4.70. The number of hydrogen-bond acceptors (Lipinski definition) is 3. The van der Waals surface area contributed by atoms with E-state index in [-0.39, 0.29) is 18.0 Å². The fourth-order valence-electron chi connectivity index (χ4n) is 1.24. The minimum Gasteiger partial charge on any atom is -0.478 e. The molecule has 1 aromatic rings. The maximum absolute atomic E-state index is 11.4. The van der Waals surface area contributed by atoms with E-state index in [0.29, 0.717) is 11.1 Å². The fourth-order valence-corrected chi connectivity index (χ4v) is 1.24. The van der Waals surface area contributed by atoms with Gasteiger partial charge in [-0.25, -0.2) is 4.79 Å². The van der Waals surface area contributed by atoms with Crippen LogP contribution in [-0.2, 0) is 4.74 Å². The summed E-state index contributed by atoms with van der Waals surface area (Å²) >= 11 is 0. The molecule has 1 rings (SSSR count). The quantitative estimate of drug-likeness (QED) is 0.762. The smallest absolute Gasteiger partial charge is 0.335 e. The minimum absolute atomic E-state index is 0.0396. The van der Waals surface area contributed by atoms with E-state index in [1.165, 1.54) is 13.2 Å². The second-order valence-corrected chi connectivity index (χ2v) is 3.19. The molecule has 0 aliphatic rings. The molecule has 0 unspecified atom stereocenters. The van der Waals surface area contributed by atoms with Crippen molar-refractivity contribution in [3.63, 3.8) is 0 Å². The summed E-state index contributed by atoms with van der Waals surface area (Å²) in [6, 6.07) is 4.59. The van der Waals surface area contributed by atoms with Crippen LogP contribution in [0.1, 0.15) is 26.3 Å². The van der Waals surface area contributed by atoms with Gasteiger partial charge in [0.15, 0.2) is 5.78 Å². The van der Waals surface area contributed by atoms with E-state index in [0.717, 1.165) is 0 Å². The zero-order valence-electron chi connectivity index (χ0n) is 8.61. The highest BCUT2D eigenvalue weighted by atomic mass is 16.5. The molecule has 1 aromatic carbocycles. The Hall–Kier alpha value is -1.68. The molecule has 1 N–H and O–H groups in total. The van der Waals surface area contributed by atoms with Crippen LogP contribution in [-0.4, -0.2) is 30.6 Å². The Morgan fingerprint density at radius 2 is 2.07 bits per heavy atom. The van der Waals surface area contributed by atoms with Gasteiger partial charge < -0.3 is 9.84 Å². The number of hydrogen-bond donors (Lipinski definition) is 1. The molecule has 80 valence electrons. The molecule has 0 fully saturated rings. The van der Waals surface area contributed by atoms with Crippen molar-refractivity contribution in [1.29, 1.82) is 0 Å². The van der Waals surface area contributed by atoms with Crippen LogP contribution in [0.3, 0.4) is 0 Å². The van der Waals surface area contributed by atoms with Gasteiger partial charge in [-0.05, 0) is 18.6 Å². The Bertz CT molecular complexity index is 396. The van der Waals surface area contributed by atoms with Gasteiger partial charge in [-0.1, -0.05) is 12.1 Å². The predicted octanol–water partition coefficient (Wildman–Crippen LogP) is 1.52. The lowest BCUT2D eigenvalue weighted by atomic mass is 10.0. The Morgan fingerprint density at radius 1 is 1.40 bits per heavy atom. The van der Waals surface area contributed by atoms with E-state index in [1.807, 2.05) is 0 Å². The zero-order chi connectivity index (χ0) is 11.4. The highest BCUT2D eigenvalue weighted by molar-refractivity contribution is 6.00. The van der Waals surface area contributed by atoms with E-state index in [1.54, 1.807) is 19.1 Å². The summed E-state index contributed by atoms with van der Waals surface area (Å²) < 4.78 is 4.69. The first-order valence-electron chi connectivity index (χ1n) is 4.42. The van der Waals surface area contributed by atoms with Crippen LogP contribution in [0.5, 0.6) is 0 Å². The number of rotatable bonds is 4. The molecule has 0 heterocycles. The number of ketones is 1. The molecule has 0 saturated heterocycles. The van der Waals surface area contributed by atoms with Crippen molar-refractivity contribution in [1.82, 2.24) is 0 Å². The first-order valence-corrected chi connectivity index (χ1v) is 4.42. The Labute approximate surface area is 87.5 Å². The molecule has 0 bridgehead atoms. The molecular formula is C11H12O4. The lowest BCUT2D eigenvalue weighted by Gasteiger charge is -2.04. The van der Waals surface area contributed by atoms with Crippen LogP contribution < -0.4 is 0 Å². The summed E-state index contributed by atoms with van der Waals surface area (Å²) in [5, 5.41) is 8.86. The van der Waals surface area contributed by atoms with Crippen molar-refractivity contribution >= 4 is 11.8 Å². The van der Waals surface area contributed by atoms with Crippen molar-refractivity contribution in [3.05, 3.63) is 34.9 Å². The average molecular weight is 208 g/mol. The van der Waals surface area contributed by atoms with E-state index in [2.05, 4.69) is 0 Å². The van der Waals surface area contributed by atoms with Gasteiger partial charge in [-0.15, -0.1) is 0 Å². The number of carbonyl (C=O) groups excluding carboxylic acids is 1. The molecule has 0 aliphatic heterocycles. The molecular weight excluding hydrogens is 196 g/mol. The third-order valence-corrected chi connectivity index (χ3v) is 2.07. The topological polar surface area (TPSA) is 63.6 Å². The van der Waals surface area contributed by atoms with Crippen LogP contribution in [0.2, 0.25) is 0 Å². The molecule has 0 atom stereocenters. The van der Waals surface area contributed by atoms with Crippen LogP contribution in [0.4, 0.5) is 0 Å². The highest BCUT2D eigenvalue weighted by Gasteiger charge is 2.11. The van der Waals surface area contributed by atoms with Gasteiger partial charge in [-0.2, -0.15) is 0 Å². The van der Waals surface area contributed by atoms with Crippen molar-refractivity contribution in [2.45, 2.75) is 6.92 Å². The Morgan fingerprint density at radius 3 is 2.60 bits per heavy atom. The van der Waals surface area contributed by atoms with Crippen molar-refractivity contribution in [2.24, 2.45) is 0 Å². The average Bonchev–Trinajstić information content (AvgIpc) is 2.18. The SMILES string of the molecule is COCC(=O)c1ccc(C)c(C(=O)O)c1. The molecule has 0 aromatic heterocycles. The molecule has 15 heavy (non-hydrogen) atoms. The molecule has 4 nitrogen and oxygen atoms in total. The van der Waals surface area contributed by atoms with Gasteiger partial charge in [0.1, 0.15) is 6.61 Å². The van der Waals surface area contributed by atoms with Gasteiger partial charge in [0, 0.05) is 12.7 Å². The molecule has 0 saturated carbocycles. The number of Topliss-reactive ketones (excluding diaryl/α,β-unsaturated/α-hetero) is 1. The molecule has 0 spiro atoms. The zero-order valence-corrected chi connectivity index (χ0v) is 8.61. The number of aromatic carboxylic acids is 1. The maximum atomic E-state index is 11.4. The summed E-state index contributed by atoms with van der Waals surface area (Å²) in [6.07, 6.45) is 0. The standard InChI is InChI=1S/C11H12O4/c1-7-3-4-8(10(12)6-15-2)5-9(7)11(13)14/h3-5H,6H2,1-2H3,(H,13,14). The van der Waals surface area contributed by atoms with E-state index in [9.17, 15) is 9.59 Å². The number of benzene rings is 1. The number of ether oxygens (including phenoxy) is 1. The monoisotopic (exact) mass is 208 g/mol. The third-order valence-electron chi connectivity index (χ3n) is 2.07. The molecule has 0 amide bonds. The van der Waals surface area contributed by atoms with Crippen molar-refractivity contribution in [2.75, 3.05) is 13.7 Å².